The van der Waals surface area contributed by atoms with Gasteiger partial charge in [0.15, 0.2) is 5.78 Å². The lowest BCUT2D eigenvalue weighted by atomic mass is 9.96. The molecule has 1 aliphatic heterocycles. The smallest absolute Gasteiger partial charge is 0.221 e. The highest BCUT2D eigenvalue weighted by atomic mass is 35.5. The lowest BCUT2D eigenvalue weighted by Crippen LogP contribution is -2.44. The minimum atomic E-state index is -0.261. The number of amides is 1. The third kappa shape index (κ3) is 5.09. The van der Waals surface area contributed by atoms with Gasteiger partial charge >= 0.3 is 0 Å². The number of benzene rings is 1. The summed E-state index contributed by atoms with van der Waals surface area (Å²) in [6.45, 7) is 7.37. The largest absolute Gasteiger partial charge is 0.324 e. The summed E-state index contributed by atoms with van der Waals surface area (Å²) in [5.74, 6) is 0.342. The number of likely N-dealkylation sites (tertiary alicyclic amines) is 1. The topological polar surface area (TPSA) is 49.4 Å². The highest BCUT2D eigenvalue weighted by molar-refractivity contribution is 6.40. The Morgan fingerprint density at radius 3 is 2.38 bits per heavy atom. The number of hydrogen-bond donors (Lipinski definition) is 1. The Hall–Kier alpha value is -0.810. The molecule has 0 aromatic heterocycles. The maximum Gasteiger partial charge on any atom is 0.221 e. The molecule has 1 aromatic carbocycles. The monoisotopic (exact) mass is 392 g/mol. The van der Waals surface area contributed by atoms with E-state index in [0.717, 1.165) is 19.5 Å². The molecule has 0 radical (unpaired) electrons. The minimum absolute atomic E-state index is 0. The molecule has 1 saturated heterocycles. The fourth-order valence-electron chi connectivity index (χ4n) is 3.00. The first-order chi connectivity index (χ1) is 10.8. The maximum atomic E-state index is 12.7. The lowest BCUT2D eigenvalue weighted by Gasteiger charge is -2.34. The van der Waals surface area contributed by atoms with Crippen LogP contribution >= 0.6 is 35.6 Å². The van der Waals surface area contributed by atoms with Crippen LogP contribution in [-0.2, 0) is 4.79 Å². The van der Waals surface area contributed by atoms with Gasteiger partial charge in [0.25, 0.3) is 0 Å². The van der Waals surface area contributed by atoms with Crippen molar-refractivity contribution < 1.29 is 9.59 Å². The van der Waals surface area contributed by atoms with Gasteiger partial charge in [-0.3, -0.25) is 14.5 Å². The molecule has 2 atom stereocenters. The number of halogens is 3. The van der Waals surface area contributed by atoms with E-state index in [9.17, 15) is 9.59 Å². The predicted octanol–water partition coefficient (Wildman–Crippen LogP) is 4.68. The van der Waals surface area contributed by atoms with Crippen molar-refractivity contribution in [3.8, 4) is 0 Å². The van der Waals surface area contributed by atoms with E-state index in [2.05, 4.69) is 17.1 Å². The SMILES string of the molecule is CC(=O)Nc1c(Cl)cc(C(=O)C(C)N2CCCC(C)C2)cc1Cl.Cl. The highest BCUT2D eigenvalue weighted by Gasteiger charge is 2.27. The molecule has 0 aliphatic carbocycles. The zero-order chi connectivity index (χ0) is 17.1. The van der Waals surface area contributed by atoms with Crippen molar-refractivity contribution >= 4 is 53.0 Å². The molecule has 1 amide bonds. The number of piperidine rings is 1. The van der Waals surface area contributed by atoms with Crippen LogP contribution in [0, 0.1) is 5.92 Å². The third-order valence-corrected chi connectivity index (χ3v) is 4.84. The number of carbonyl (C=O) groups excluding carboxylic acids is 2. The van der Waals surface area contributed by atoms with Crippen molar-refractivity contribution in [1.29, 1.82) is 0 Å². The molecular weight excluding hydrogens is 371 g/mol. The molecule has 24 heavy (non-hydrogen) atoms. The van der Waals surface area contributed by atoms with Gasteiger partial charge in [0.05, 0.1) is 21.8 Å². The Bertz CT molecular complexity index is 599. The number of ketones is 1. The van der Waals surface area contributed by atoms with Crippen molar-refractivity contribution in [2.45, 2.75) is 39.7 Å². The van der Waals surface area contributed by atoms with E-state index in [0.29, 0.717) is 17.2 Å². The van der Waals surface area contributed by atoms with Crippen molar-refractivity contribution in [3.63, 3.8) is 0 Å². The second kappa shape index (κ2) is 9.04. The molecule has 2 unspecified atom stereocenters. The summed E-state index contributed by atoms with van der Waals surface area (Å²) in [6, 6.07) is 2.94. The van der Waals surface area contributed by atoms with Gasteiger partial charge in [-0.15, -0.1) is 12.4 Å². The summed E-state index contributed by atoms with van der Waals surface area (Å²) < 4.78 is 0. The summed E-state index contributed by atoms with van der Waals surface area (Å²) in [5, 5.41) is 3.13. The number of anilines is 1. The van der Waals surface area contributed by atoms with Gasteiger partial charge in [-0.25, -0.2) is 0 Å². The normalized spacial score (nSPS) is 19.3. The molecule has 1 fully saturated rings. The van der Waals surface area contributed by atoms with Gasteiger partial charge in [0.2, 0.25) is 5.91 Å². The average Bonchev–Trinajstić information content (AvgIpc) is 2.49. The Labute approximate surface area is 159 Å². The fourth-order valence-corrected chi connectivity index (χ4v) is 3.58. The van der Waals surface area contributed by atoms with Crippen LogP contribution in [0.1, 0.15) is 44.0 Å². The van der Waals surface area contributed by atoms with Gasteiger partial charge < -0.3 is 5.32 Å². The summed E-state index contributed by atoms with van der Waals surface area (Å²) in [7, 11) is 0. The van der Waals surface area contributed by atoms with Crippen LogP contribution in [0.25, 0.3) is 0 Å². The van der Waals surface area contributed by atoms with Crippen LogP contribution in [-0.4, -0.2) is 35.7 Å². The third-order valence-electron chi connectivity index (χ3n) is 4.24. The van der Waals surface area contributed by atoms with Crippen molar-refractivity contribution in [2.24, 2.45) is 5.92 Å². The summed E-state index contributed by atoms with van der Waals surface area (Å²) >= 11 is 12.3. The van der Waals surface area contributed by atoms with Crippen molar-refractivity contribution in [3.05, 3.63) is 27.7 Å². The zero-order valence-corrected chi connectivity index (χ0v) is 16.4. The van der Waals surface area contributed by atoms with Gasteiger partial charge in [0.1, 0.15) is 0 Å². The molecular formula is C17H23Cl3N2O2. The van der Waals surface area contributed by atoms with E-state index in [-0.39, 0.29) is 40.2 Å². The van der Waals surface area contributed by atoms with E-state index in [1.54, 1.807) is 12.1 Å². The molecule has 1 aliphatic rings. The Morgan fingerprint density at radius 1 is 1.29 bits per heavy atom. The molecule has 1 N–H and O–H groups in total. The molecule has 134 valence electrons. The molecule has 0 spiro atoms. The van der Waals surface area contributed by atoms with E-state index < -0.39 is 0 Å². The van der Waals surface area contributed by atoms with Gasteiger partial charge in [-0.05, 0) is 44.4 Å². The number of nitrogens with zero attached hydrogens (tertiary/aromatic N) is 1. The van der Waals surface area contributed by atoms with E-state index in [4.69, 9.17) is 23.2 Å². The molecule has 0 bridgehead atoms. The van der Waals surface area contributed by atoms with Crippen LogP contribution in [0.5, 0.6) is 0 Å². The number of carbonyl (C=O) groups is 2. The Kier molecular flexibility index (Phi) is 8.00. The molecule has 4 nitrogen and oxygen atoms in total. The zero-order valence-electron chi connectivity index (χ0n) is 14.1. The Morgan fingerprint density at radius 2 is 1.88 bits per heavy atom. The minimum Gasteiger partial charge on any atom is -0.324 e. The molecule has 1 aromatic rings. The highest BCUT2D eigenvalue weighted by Crippen LogP contribution is 2.32. The summed E-state index contributed by atoms with van der Waals surface area (Å²) in [6.07, 6.45) is 2.32. The first kappa shape index (κ1) is 21.2. The number of hydrogen-bond acceptors (Lipinski definition) is 3. The maximum absolute atomic E-state index is 12.7. The van der Waals surface area contributed by atoms with Crippen LogP contribution in [0.3, 0.4) is 0 Å². The van der Waals surface area contributed by atoms with Gasteiger partial charge in [-0.1, -0.05) is 30.1 Å². The van der Waals surface area contributed by atoms with Crippen LogP contribution in [0.4, 0.5) is 5.69 Å². The van der Waals surface area contributed by atoms with Crippen molar-refractivity contribution in [1.82, 2.24) is 4.90 Å². The second-order valence-electron chi connectivity index (χ2n) is 6.28. The Balaban J connectivity index is 0.00000288. The second-order valence-corrected chi connectivity index (χ2v) is 7.09. The van der Waals surface area contributed by atoms with Gasteiger partial charge in [0, 0.05) is 19.0 Å². The quantitative estimate of drug-likeness (QED) is 0.756. The van der Waals surface area contributed by atoms with Gasteiger partial charge in [-0.2, -0.15) is 0 Å². The van der Waals surface area contributed by atoms with E-state index in [1.165, 1.54) is 13.3 Å². The first-order valence-corrected chi connectivity index (χ1v) is 8.60. The summed E-state index contributed by atoms with van der Waals surface area (Å²) in [4.78, 5) is 26.1. The van der Waals surface area contributed by atoms with E-state index in [1.807, 2.05) is 6.92 Å². The summed E-state index contributed by atoms with van der Waals surface area (Å²) in [5.41, 5.74) is 0.816. The lowest BCUT2D eigenvalue weighted by molar-refractivity contribution is -0.114. The van der Waals surface area contributed by atoms with Crippen molar-refractivity contribution in [2.75, 3.05) is 18.4 Å². The van der Waals surface area contributed by atoms with Crippen LogP contribution in [0.2, 0.25) is 10.0 Å². The molecule has 2 rings (SSSR count). The molecule has 7 heteroatoms. The predicted molar refractivity (Wildman–Crippen MR) is 102 cm³/mol. The standard InChI is InChI=1S/C17H22Cl2N2O2.ClH/c1-10-5-4-6-21(9-10)11(2)17(23)13-7-14(18)16(15(19)8-13)20-12(3)22;/h7-8,10-11H,4-6,9H2,1-3H3,(H,20,22);1H. The molecule has 1 heterocycles. The van der Waals surface area contributed by atoms with Crippen LogP contribution in [0.15, 0.2) is 12.1 Å². The number of rotatable bonds is 4. The number of nitrogens with one attached hydrogen (secondary N) is 1. The van der Waals surface area contributed by atoms with Crippen LogP contribution < -0.4 is 5.32 Å². The average molecular weight is 394 g/mol. The van der Waals surface area contributed by atoms with E-state index >= 15 is 0 Å². The fraction of sp³-hybridized carbons (Fsp3) is 0.529. The molecule has 0 saturated carbocycles. The first-order valence-electron chi connectivity index (χ1n) is 7.84. The number of Topliss-reactive ketones (excluding diaryl/α,β-unsaturated/α-hetero) is 1.